The molecule has 1 aromatic carbocycles. The van der Waals surface area contributed by atoms with Crippen LogP contribution in [0.25, 0.3) is 11.8 Å². The predicted molar refractivity (Wildman–Crippen MR) is 105 cm³/mol. The number of anilines is 1. The van der Waals surface area contributed by atoms with Gasteiger partial charge in [-0.3, -0.25) is 0 Å². The molecule has 0 N–H and O–H groups in total. The molecule has 140 valence electrons. The fourth-order valence-electron chi connectivity index (χ4n) is 3.35. The molecule has 0 spiro atoms. The quantitative estimate of drug-likeness (QED) is 0.460. The molecule has 27 heavy (non-hydrogen) atoms. The van der Waals surface area contributed by atoms with Crippen LogP contribution in [0.2, 0.25) is 0 Å². The summed E-state index contributed by atoms with van der Waals surface area (Å²) in [6, 6.07) is 11.9. The molecule has 6 nitrogen and oxygen atoms in total. The summed E-state index contributed by atoms with van der Waals surface area (Å²) < 4.78 is 6.92. The summed E-state index contributed by atoms with van der Waals surface area (Å²) in [4.78, 5) is 14.4. The Morgan fingerprint density at radius 3 is 2.59 bits per heavy atom. The fourth-order valence-corrected chi connectivity index (χ4v) is 3.35. The van der Waals surface area contributed by atoms with Crippen molar-refractivity contribution in [3.63, 3.8) is 0 Å². The lowest BCUT2D eigenvalue weighted by molar-refractivity contribution is -0.137. The molecule has 2 aromatic rings. The minimum absolute atomic E-state index is 0.00850. The summed E-state index contributed by atoms with van der Waals surface area (Å²) in [5.41, 5.74) is 2.52. The summed E-state index contributed by atoms with van der Waals surface area (Å²) in [5, 5.41) is 14.2. The highest BCUT2D eigenvalue weighted by Gasteiger charge is 2.24. The van der Waals surface area contributed by atoms with E-state index in [1.54, 1.807) is 13.0 Å². The number of rotatable bonds is 5. The maximum absolute atomic E-state index is 12.1. The Labute approximate surface area is 159 Å². The van der Waals surface area contributed by atoms with E-state index in [-0.39, 0.29) is 12.2 Å². The molecule has 2 heterocycles. The third-order valence-electron chi connectivity index (χ3n) is 4.64. The van der Waals surface area contributed by atoms with Gasteiger partial charge in [-0.15, -0.1) is 0 Å². The molecule has 0 aliphatic carbocycles. The number of carbonyl (C=O) groups is 1. The molecule has 1 saturated heterocycles. The smallest absolute Gasteiger partial charge is 0.348 e. The number of para-hydroxylation sites is 1. The van der Waals surface area contributed by atoms with E-state index in [4.69, 9.17) is 9.84 Å². The number of carbonyl (C=O) groups excluding carboxylic acids is 1. The van der Waals surface area contributed by atoms with E-state index >= 15 is 0 Å². The van der Waals surface area contributed by atoms with E-state index in [9.17, 15) is 10.1 Å². The van der Waals surface area contributed by atoms with Crippen LogP contribution >= 0.6 is 0 Å². The lowest BCUT2D eigenvalue weighted by Gasteiger charge is -2.29. The largest absolute Gasteiger partial charge is 0.462 e. The maximum Gasteiger partial charge on any atom is 0.348 e. The van der Waals surface area contributed by atoms with Crippen LogP contribution in [-0.4, -0.2) is 35.4 Å². The molecule has 0 saturated carbocycles. The van der Waals surface area contributed by atoms with Crippen molar-refractivity contribution in [3.05, 3.63) is 47.2 Å². The van der Waals surface area contributed by atoms with Crippen molar-refractivity contribution in [2.75, 3.05) is 24.6 Å². The van der Waals surface area contributed by atoms with Crippen molar-refractivity contribution < 1.29 is 9.53 Å². The molecule has 1 aliphatic rings. The van der Waals surface area contributed by atoms with Gasteiger partial charge in [0, 0.05) is 18.7 Å². The van der Waals surface area contributed by atoms with E-state index in [1.165, 1.54) is 6.42 Å². The van der Waals surface area contributed by atoms with Crippen LogP contribution in [0.15, 0.2) is 35.9 Å². The van der Waals surface area contributed by atoms with Gasteiger partial charge in [-0.05, 0) is 51.3 Å². The Hall–Kier alpha value is -3.07. The minimum Gasteiger partial charge on any atom is -0.462 e. The number of hydrogen-bond acceptors (Lipinski definition) is 5. The highest BCUT2D eigenvalue weighted by molar-refractivity contribution is 5.99. The standard InChI is InChI=1S/C21H24N4O2/c1-3-27-21(26)17(15-22)14-19-16(2)23-25(18-10-6-4-7-11-18)20(19)24-12-8-5-9-13-24/h4,6-7,10-11,14H,3,5,8-9,12-13H2,1-2H3/b17-14+. The predicted octanol–water partition coefficient (Wildman–Crippen LogP) is 3.64. The Balaban J connectivity index is 2.14. The Morgan fingerprint density at radius 2 is 1.96 bits per heavy atom. The molecule has 1 fully saturated rings. The van der Waals surface area contributed by atoms with Gasteiger partial charge in [0.25, 0.3) is 0 Å². The highest BCUT2D eigenvalue weighted by Crippen LogP contribution is 2.31. The second-order valence-corrected chi connectivity index (χ2v) is 6.51. The summed E-state index contributed by atoms with van der Waals surface area (Å²) in [6.07, 6.45) is 5.06. The molecule has 0 atom stereocenters. The average molecular weight is 364 g/mol. The van der Waals surface area contributed by atoms with Crippen LogP contribution in [0.5, 0.6) is 0 Å². The third kappa shape index (κ3) is 4.03. The van der Waals surface area contributed by atoms with Gasteiger partial charge < -0.3 is 9.64 Å². The van der Waals surface area contributed by atoms with E-state index in [2.05, 4.69) is 4.90 Å². The van der Waals surface area contributed by atoms with Gasteiger partial charge in [0.05, 0.1) is 18.0 Å². The van der Waals surface area contributed by atoms with E-state index < -0.39 is 5.97 Å². The number of esters is 1. The second-order valence-electron chi connectivity index (χ2n) is 6.51. The molecule has 0 unspecified atom stereocenters. The first-order chi connectivity index (χ1) is 13.2. The van der Waals surface area contributed by atoms with Gasteiger partial charge in [0.1, 0.15) is 17.5 Å². The van der Waals surface area contributed by atoms with Crippen molar-refractivity contribution >= 4 is 17.9 Å². The van der Waals surface area contributed by atoms with Gasteiger partial charge in [-0.25, -0.2) is 9.48 Å². The average Bonchev–Trinajstić information content (AvgIpc) is 3.03. The van der Waals surface area contributed by atoms with Crippen LogP contribution < -0.4 is 4.90 Å². The van der Waals surface area contributed by atoms with E-state index in [1.807, 2.05) is 48.0 Å². The third-order valence-corrected chi connectivity index (χ3v) is 4.64. The minimum atomic E-state index is -0.601. The van der Waals surface area contributed by atoms with Gasteiger partial charge in [-0.1, -0.05) is 18.2 Å². The number of aromatic nitrogens is 2. The van der Waals surface area contributed by atoms with Crippen LogP contribution in [0.1, 0.15) is 37.4 Å². The number of ether oxygens (including phenoxy) is 1. The van der Waals surface area contributed by atoms with Crippen molar-refractivity contribution in [1.82, 2.24) is 9.78 Å². The van der Waals surface area contributed by atoms with Crippen LogP contribution in [-0.2, 0) is 9.53 Å². The molecular weight excluding hydrogens is 340 g/mol. The van der Waals surface area contributed by atoms with Crippen molar-refractivity contribution in [2.45, 2.75) is 33.1 Å². The van der Waals surface area contributed by atoms with Crippen LogP contribution in [0.3, 0.4) is 0 Å². The number of benzene rings is 1. The van der Waals surface area contributed by atoms with Gasteiger partial charge >= 0.3 is 5.97 Å². The lowest BCUT2D eigenvalue weighted by atomic mass is 10.1. The summed E-state index contributed by atoms with van der Waals surface area (Å²) >= 11 is 0. The number of nitriles is 1. The Bertz CT molecular complexity index is 872. The number of hydrogen-bond donors (Lipinski definition) is 0. The molecule has 3 rings (SSSR count). The topological polar surface area (TPSA) is 71.1 Å². The molecule has 0 amide bonds. The highest BCUT2D eigenvalue weighted by atomic mass is 16.5. The van der Waals surface area contributed by atoms with Crippen LogP contribution in [0, 0.1) is 18.3 Å². The van der Waals surface area contributed by atoms with E-state index in [0.29, 0.717) is 0 Å². The number of nitrogens with zero attached hydrogens (tertiary/aromatic N) is 4. The summed E-state index contributed by atoms with van der Waals surface area (Å²) in [6.45, 7) is 5.73. The van der Waals surface area contributed by atoms with Crippen LogP contribution in [0.4, 0.5) is 5.82 Å². The SMILES string of the molecule is CCOC(=O)/C(C#N)=C/c1c(C)nn(-c2ccccc2)c1N1CCCCC1. The zero-order valence-corrected chi connectivity index (χ0v) is 15.8. The van der Waals surface area contributed by atoms with Gasteiger partial charge in [0.15, 0.2) is 0 Å². The lowest BCUT2D eigenvalue weighted by Crippen LogP contribution is -2.31. The zero-order valence-electron chi connectivity index (χ0n) is 15.8. The van der Waals surface area contributed by atoms with Crippen molar-refractivity contribution in [3.8, 4) is 11.8 Å². The van der Waals surface area contributed by atoms with Crippen molar-refractivity contribution in [2.24, 2.45) is 0 Å². The molecule has 0 radical (unpaired) electrons. The van der Waals surface area contributed by atoms with E-state index in [0.717, 1.165) is 48.7 Å². The molecule has 6 heteroatoms. The summed E-state index contributed by atoms with van der Waals surface area (Å²) in [5.74, 6) is 0.326. The molecule has 0 bridgehead atoms. The first kappa shape index (κ1) is 18.7. The van der Waals surface area contributed by atoms with Gasteiger partial charge in [0.2, 0.25) is 0 Å². The molecule has 1 aliphatic heterocycles. The molecule has 1 aromatic heterocycles. The second kappa shape index (κ2) is 8.54. The number of aryl methyl sites for hydroxylation is 1. The zero-order chi connectivity index (χ0) is 19.2. The molecular formula is C21H24N4O2. The maximum atomic E-state index is 12.1. The normalized spacial score (nSPS) is 14.7. The summed E-state index contributed by atoms with van der Waals surface area (Å²) in [7, 11) is 0. The Morgan fingerprint density at radius 1 is 1.26 bits per heavy atom. The van der Waals surface area contributed by atoms with Crippen molar-refractivity contribution in [1.29, 1.82) is 5.26 Å². The first-order valence-electron chi connectivity index (χ1n) is 9.34. The Kier molecular flexibility index (Phi) is 5.92. The number of piperidine rings is 1. The first-order valence-corrected chi connectivity index (χ1v) is 9.34. The van der Waals surface area contributed by atoms with Gasteiger partial charge in [-0.2, -0.15) is 10.4 Å². The monoisotopic (exact) mass is 364 g/mol. The fraction of sp³-hybridized carbons (Fsp3) is 0.381.